The van der Waals surface area contributed by atoms with Crippen LogP contribution in [0.4, 0.5) is 0 Å². The molecule has 0 aliphatic carbocycles. The van der Waals surface area contributed by atoms with Gasteiger partial charge in [0.15, 0.2) is 0 Å². The smallest absolute Gasteiger partial charge is 0.295 e. The molecule has 0 unspecified atom stereocenters. The van der Waals surface area contributed by atoms with E-state index in [4.69, 9.17) is 4.74 Å². The fraction of sp³-hybridized carbons (Fsp3) is 0.308. The molecule has 0 radical (unpaired) electrons. The van der Waals surface area contributed by atoms with E-state index in [1.807, 2.05) is 56.3 Å². The summed E-state index contributed by atoms with van der Waals surface area (Å²) < 4.78 is 5.66. The van der Waals surface area contributed by atoms with Gasteiger partial charge < -0.3 is 19.6 Å². The van der Waals surface area contributed by atoms with Crippen molar-refractivity contribution < 1.29 is 19.4 Å². The molecule has 1 fully saturated rings. The normalized spacial score (nSPS) is 17.8. The van der Waals surface area contributed by atoms with Crippen LogP contribution in [0.3, 0.4) is 0 Å². The van der Waals surface area contributed by atoms with Crippen LogP contribution in [0.5, 0.6) is 5.75 Å². The predicted molar refractivity (Wildman–Crippen MR) is 125 cm³/mol. The van der Waals surface area contributed by atoms with E-state index in [0.717, 1.165) is 12.1 Å². The number of aliphatic hydroxyl groups is 1. The summed E-state index contributed by atoms with van der Waals surface area (Å²) in [7, 11) is 3.92. The highest BCUT2D eigenvalue weighted by Gasteiger charge is 2.45. The zero-order chi connectivity index (χ0) is 23.3. The van der Waals surface area contributed by atoms with Crippen molar-refractivity contribution in [2.24, 2.45) is 0 Å². The van der Waals surface area contributed by atoms with Crippen molar-refractivity contribution in [1.82, 2.24) is 9.80 Å². The first kappa shape index (κ1) is 23.3. The first-order chi connectivity index (χ1) is 15.3. The van der Waals surface area contributed by atoms with Gasteiger partial charge in [-0.15, -0.1) is 0 Å². The van der Waals surface area contributed by atoms with Gasteiger partial charge in [-0.05, 0) is 51.7 Å². The molecular formula is C26H30N2O4. The lowest BCUT2D eigenvalue weighted by Crippen LogP contribution is -2.32. The van der Waals surface area contributed by atoms with Crippen molar-refractivity contribution in [3.63, 3.8) is 0 Å². The van der Waals surface area contributed by atoms with E-state index in [1.54, 1.807) is 29.2 Å². The van der Waals surface area contributed by atoms with E-state index in [-0.39, 0.29) is 11.3 Å². The Hall–Kier alpha value is -3.38. The lowest BCUT2D eigenvalue weighted by atomic mass is 9.95. The number of nitrogens with zero attached hydrogens (tertiary/aromatic N) is 2. The van der Waals surface area contributed by atoms with Crippen molar-refractivity contribution in [2.45, 2.75) is 19.4 Å². The Morgan fingerprint density at radius 1 is 1.19 bits per heavy atom. The van der Waals surface area contributed by atoms with Gasteiger partial charge in [0.25, 0.3) is 11.7 Å². The number of carbonyl (C=O) groups is 2. The maximum Gasteiger partial charge on any atom is 0.295 e. The lowest BCUT2D eigenvalue weighted by molar-refractivity contribution is -0.139. The number of hydrogen-bond acceptors (Lipinski definition) is 5. The van der Waals surface area contributed by atoms with Crippen LogP contribution in [0.25, 0.3) is 5.76 Å². The molecule has 6 nitrogen and oxygen atoms in total. The number of ketones is 1. The number of benzene rings is 2. The Morgan fingerprint density at radius 3 is 2.56 bits per heavy atom. The standard InChI is InChI=1S/C26H30N2O4/c1-5-16-32-21-9-6-8-20(17-21)23-22(24(29)19-12-10-18(2)11-13-19)25(30)26(31)28(23)15-7-14-27(3)4/h5-6,8-13,17,23,29H,1,7,14-16H2,2-4H3/t23-/m1/s1. The maximum absolute atomic E-state index is 13.1. The number of amides is 1. The Bertz CT molecular complexity index is 1020. The Labute approximate surface area is 189 Å². The van der Waals surface area contributed by atoms with E-state index in [9.17, 15) is 14.7 Å². The van der Waals surface area contributed by atoms with E-state index in [1.165, 1.54) is 0 Å². The number of ether oxygens (including phenoxy) is 1. The van der Waals surface area contributed by atoms with Gasteiger partial charge in [0.2, 0.25) is 0 Å². The summed E-state index contributed by atoms with van der Waals surface area (Å²) >= 11 is 0. The molecule has 1 saturated heterocycles. The molecule has 2 aromatic carbocycles. The van der Waals surface area contributed by atoms with Gasteiger partial charge in [-0.3, -0.25) is 9.59 Å². The average molecular weight is 435 g/mol. The van der Waals surface area contributed by atoms with Crippen LogP contribution in [-0.4, -0.2) is 60.4 Å². The molecule has 1 amide bonds. The second-order valence-corrected chi connectivity index (χ2v) is 8.19. The quantitative estimate of drug-likeness (QED) is 0.280. The first-order valence-electron chi connectivity index (χ1n) is 10.7. The van der Waals surface area contributed by atoms with E-state index in [2.05, 4.69) is 6.58 Å². The molecule has 6 heteroatoms. The Kier molecular flexibility index (Phi) is 7.49. The second kappa shape index (κ2) is 10.3. The summed E-state index contributed by atoms with van der Waals surface area (Å²) in [6.07, 6.45) is 2.35. The fourth-order valence-electron chi connectivity index (χ4n) is 3.81. The Balaban J connectivity index is 2.08. The third-order valence-corrected chi connectivity index (χ3v) is 5.41. The van der Waals surface area contributed by atoms with Crippen molar-refractivity contribution >= 4 is 17.4 Å². The molecule has 2 aromatic rings. The van der Waals surface area contributed by atoms with Crippen LogP contribution in [0.15, 0.2) is 66.8 Å². The zero-order valence-corrected chi connectivity index (χ0v) is 18.9. The number of carbonyl (C=O) groups excluding carboxylic acids is 2. The third kappa shape index (κ3) is 5.08. The Morgan fingerprint density at radius 2 is 1.91 bits per heavy atom. The van der Waals surface area contributed by atoms with Crippen molar-refractivity contribution in [3.8, 4) is 5.75 Å². The molecule has 32 heavy (non-hydrogen) atoms. The molecule has 1 atom stereocenters. The molecule has 0 bridgehead atoms. The minimum Gasteiger partial charge on any atom is -0.507 e. The van der Waals surface area contributed by atoms with Gasteiger partial charge in [-0.1, -0.05) is 54.6 Å². The summed E-state index contributed by atoms with van der Waals surface area (Å²) in [5.41, 5.74) is 2.36. The minimum atomic E-state index is -0.689. The molecule has 0 saturated carbocycles. The lowest BCUT2D eigenvalue weighted by Gasteiger charge is -2.26. The molecule has 1 aliphatic rings. The van der Waals surface area contributed by atoms with E-state index in [0.29, 0.717) is 36.4 Å². The van der Waals surface area contributed by atoms with Crippen molar-refractivity contribution in [1.29, 1.82) is 0 Å². The molecule has 0 aromatic heterocycles. The summed E-state index contributed by atoms with van der Waals surface area (Å²) in [6, 6.07) is 13.8. The zero-order valence-electron chi connectivity index (χ0n) is 18.9. The van der Waals surface area contributed by atoms with Gasteiger partial charge in [-0.2, -0.15) is 0 Å². The number of aliphatic hydroxyl groups excluding tert-OH is 1. The highest BCUT2D eigenvalue weighted by Crippen LogP contribution is 2.40. The van der Waals surface area contributed by atoms with Gasteiger partial charge in [0, 0.05) is 12.1 Å². The summed E-state index contributed by atoms with van der Waals surface area (Å²) in [4.78, 5) is 29.6. The molecule has 1 heterocycles. The van der Waals surface area contributed by atoms with Crippen LogP contribution in [0.1, 0.15) is 29.2 Å². The summed E-state index contributed by atoms with van der Waals surface area (Å²) in [5, 5.41) is 11.1. The highest BCUT2D eigenvalue weighted by atomic mass is 16.5. The van der Waals surface area contributed by atoms with Gasteiger partial charge in [0.05, 0.1) is 11.6 Å². The average Bonchev–Trinajstić information content (AvgIpc) is 3.02. The number of likely N-dealkylation sites (tertiary alicyclic amines) is 1. The number of hydrogen-bond donors (Lipinski definition) is 1. The molecule has 0 spiro atoms. The molecule has 3 rings (SSSR count). The number of Topliss-reactive ketones (excluding diaryl/α,β-unsaturated/α-hetero) is 1. The highest BCUT2D eigenvalue weighted by molar-refractivity contribution is 6.46. The van der Waals surface area contributed by atoms with Crippen LogP contribution < -0.4 is 4.74 Å². The molecule has 1 N–H and O–H groups in total. The van der Waals surface area contributed by atoms with E-state index >= 15 is 0 Å². The largest absolute Gasteiger partial charge is 0.507 e. The topological polar surface area (TPSA) is 70.1 Å². The molecule has 1 aliphatic heterocycles. The van der Waals surface area contributed by atoms with Gasteiger partial charge >= 0.3 is 0 Å². The molecule has 168 valence electrons. The monoisotopic (exact) mass is 434 g/mol. The van der Waals surface area contributed by atoms with Crippen LogP contribution in [-0.2, 0) is 9.59 Å². The van der Waals surface area contributed by atoms with E-state index < -0.39 is 17.7 Å². The van der Waals surface area contributed by atoms with Gasteiger partial charge in [0.1, 0.15) is 18.1 Å². The second-order valence-electron chi connectivity index (χ2n) is 8.19. The predicted octanol–water partition coefficient (Wildman–Crippen LogP) is 3.93. The van der Waals surface area contributed by atoms with Gasteiger partial charge in [-0.25, -0.2) is 0 Å². The fourth-order valence-corrected chi connectivity index (χ4v) is 3.81. The minimum absolute atomic E-state index is 0.101. The van der Waals surface area contributed by atoms with Crippen molar-refractivity contribution in [3.05, 3.63) is 83.4 Å². The third-order valence-electron chi connectivity index (χ3n) is 5.41. The SMILES string of the molecule is C=CCOc1cccc([C@@H]2C(=C(O)c3ccc(C)cc3)C(=O)C(=O)N2CCCN(C)C)c1. The van der Waals surface area contributed by atoms with Crippen LogP contribution >= 0.6 is 0 Å². The number of aryl methyl sites for hydroxylation is 1. The van der Waals surface area contributed by atoms with Crippen LogP contribution in [0, 0.1) is 6.92 Å². The van der Waals surface area contributed by atoms with Crippen LogP contribution in [0.2, 0.25) is 0 Å². The maximum atomic E-state index is 13.1. The molecular weight excluding hydrogens is 404 g/mol. The summed E-state index contributed by atoms with van der Waals surface area (Å²) in [6.45, 7) is 7.13. The first-order valence-corrected chi connectivity index (χ1v) is 10.7. The van der Waals surface area contributed by atoms with Crippen molar-refractivity contribution in [2.75, 3.05) is 33.8 Å². The number of rotatable bonds is 9. The summed E-state index contributed by atoms with van der Waals surface area (Å²) in [5.74, 6) is -0.826.